The van der Waals surface area contributed by atoms with E-state index >= 15 is 0 Å². The fourth-order valence-corrected chi connectivity index (χ4v) is 5.44. The van der Waals surface area contributed by atoms with E-state index in [-0.39, 0.29) is 22.9 Å². The molecule has 1 aliphatic carbocycles. The van der Waals surface area contributed by atoms with Crippen molar-refractivity contribution in [1.29, 1.82) is 0 Å². The maximum atomic E-state index is 12.3. The van der Waals surface area contributed by atoms with E-state index in [4.69, 9.17) is 0 Å². The molecule has 7 nitrogen and oxygen atoms in total. The number of benzene rings is 2. The van der Waals surface area contributed by atoms with Gasteiger partial charge in [-0.15, -0.1) is 0 Å². The number of hydrogen-bond donors (Lipinski definition) is 3. The monoisotopic (exact) mass is 466 g/mol. The van der Waals surface area contributed by atoms with Gasteiger partial charge in [-0.1, -0.05) is 0 Å². The zero-order chi connectivity index (χ0) is 21.3. The van der Waals surface area contributed by atoms with Crippen molar-refractivity contribution in [3.63, 3.8) is 0 Å². The summed E-state index contributed by atoms with van der Waals surface area (Å²) in [6, 6.07) is 13.0. The molecule has 1 heterocycles. The fraction of sp³-hybridized carbons (Fsp3) is 0.273. The molecule has 0 bridgehead atoms. The van der Waals surface area contributed by atoms with Gasteiger partial charge in [0.1, 0.15) is 0 Å². The van der Waals surface area contributed by atoms with Gasteiger partial charge >= 0.3 is 155 Å². The minimum atomic E-state index is -0.808. The Hall–Kier alpha value is -2.92. The van der Waals surface area contributed by atoms with E-state index in [9.17, 15) is 19.2 Å². The Morgan fingerprint density at radius 2 is 1.83 bits per heavy atom. The normalized spacial score (nSPS) is 20.2. The molecule has 2 unspecified atom stereocenters. The maximum absolute atomic E-state index is 12.3. The summed E-state index contributed by atoms with van der Waals surface area (Å²) in [4.78, 5) is 46.5. The van der Waals surface area contributed by atoms with E-state index in [1.54, 1.807) is 6.92 Å². The molecule has 2 aromatic rings. The Balaban J connectivity index is 1.40. The van der Waals surface area contributed by atoms with Crippen LogP contribution in [0.1, 0.15) is 24.5 Å². The van der Waals surface area contributed by atoms with Crippen LogP contribution in [-0.2, 0) is 27.2 Å². The van der Waals surface area contributed by atoms with E-state index in [0.29, 0.717) is 0 Å². The summed E-state index contributed by atoms with van der Waals surface area (Å²) < 4.78 is 1.32. The molecular weight excluding hydrogens is 445 g/mol. The molecule has 2 atom stereocenters. The zero-order valence-electron chi connectivity index (χ0n) is 16.4. The Bertz CT molecular complexity index is 1050. The van der Waals surface area contributed by atoms with Gasteiger partial charge in [0, 0.05) is 0 Å². The Morgan fingerprint density at radius 3 is 2.57 bits per heavy atom. The molecule has 2 aliphatic rings. The van der Waals surface area contributed by atoms with E-state index in [2.05, 4.69) is 40.2 Å². The predicted octanol–water partition coefficient (Wildman–Crippen LogP) is 0.411. The first-order valence-corrected chi connectivity index (χ1v) is 11.6. The fourth-order valence-electron chi connectivity index (χ4n) is 3.91. The van der Waals surface area contributed by atoms with Crippen LogP contribution in [-0.4, -0.2) is 50.3 Å². The van der Waals surface area contributed by atoms with Gasteiger partial charge in [0.05, 0.1) is 0 Å². The third kappa shape index (κ3) is 4.62. The Kier molecular flexibility index (Phi) is 5.73. The first-order chi connectivity index (χ1) is 14.4. The van der Waals surface area contributed by atoms with Crippen molar-refractivity contribution < 1.29 is 19.2 Å². The summed E-state index contributed by atoms with van der Waals surface area (Å²) >= 11 is -0.465. The van der Waals surface area contributed by atoms with Crippen molar-refractivity contribution in [2.45, 2.75) is 38.3 Å². The van der Waals surface area contributed by atoms with E-state index in [0.717, 1.165) is 28.3 Å². The molecule has 0 saturated carbocycles. The molecule has 30 heavy (non-hydrogen) atoms. The molecule has 1 saturated heterocycles. The predicted molar refractivity (Wildman–Crippen MR) is 112 cm³/mol. The summed E-state index contributed by atoms with van der Waals surface area (Å²) in [5.74, 6) is -0.723. The van der Waals surface area contributed by atoms with Crippen LogP contribution in [0.2, 0.25) is 0 Å². The number of rotatable bonds is 6. The van der Waals surface area contributed by atoms with Gasteiger partial charge in [0.25, 0.3) is 5.91 Å². The summed E-state index contributed by atoms with van der Waals surface area (Å²) in [5.41, 5.74) is 4.57. The van der Waals surface area contributed by atoms with Crippen molar-refractivity contribution >= 4 is 42.5 Å². The van der Waals surface area contributed by atoms with Crippen LogP contribution in [0.3, 0.4) is 0 Å². The third-order valence-corrected chi connectivity index (χ3v) is 7.00. The van der Waals surface area contributed by atoms with Crippen molar-refractivity contribution in [1.82, 2.24) is 16.0 Å². The van der Waals surface area contributed by atoms with Crippen molar-refractivity contribution in [3.05, 3.63) is 53.6 Å². The van der Waals surface area contributed by atoms with E-state index in [1.807, 2.05) is 18.2 Å². The molecule has 1 fully saturated rings. The molecule has 153 valence electrons. The molecule has 8 heteroatoms. The summed E-state index contributed by atoms with van der Waals surface area (Å²) in [6.07, 6.45) is 1.39. The van der Waals surface area contributed by atoms with Crippen LogP contribution < -0.4 is 20.3 Å². The van der Waals surface area contributed by atoms with Crippen LogP contribution in [0.15, 0.2) is 42.5 Å². The number of carbonyl (C=O) groups is 4. The van der Waals surface area contributed by atoms with E-state index in [1.165, 1.54) is 11.1 Å². The molecule has 0 spiro atoms. The number of fused-ring (bicyclic) bond motifs is 1. The number of urea groups is 1. The number of nitrogens with one attached hydrogen (secondary N) is 3. The van der Waals surface area contributed by atoms with Crippen LogP contribution in [0.4, 0.5) is 4.79 Å². The van der Waals surface area contributed by atoms with E-state index < -0.39 is 33.7 Å². The molecule has 4 rings (SSSR count). The molecule has 2 aromatic carbocycles. The third-order valence-electron chi connectivity index (χ3n) is 5.22. The van der Waals surface area contributed by atoms with Crippen LogP contribution in [0, 0.1) is 0 Å². The van der Waals surface area contributed by atoms with Gasteiger partial charge < -0.3 is 5.32 Å². The van der Waals surface area contributed by atoms with Gasteiger partial charge in [-0.2, -0.15) is 0 Å². The second kappa shape index (κ2) is 8.44. The van der Waals surface area contributed by atoms with Gasteiger partial charge in [0.15, 0.2) is 0 Å². The van der Waals surface area contributed by atoms with Gasteiger partial charge in [-0.05, 0) is 0 Å². The second-order valence-electron chi connectivity index (χ2n) is 7.56. The number of amides is 4. The minimum absolute atomic E-state index is 0.0306. The average molecular weight is 466 g/mol. The van der Waals surface area contributed by atoms with Crippen LogP contribution in [0.25, 0.3) is 11.1 Å². The topological polar surface area (TPSA) is 104 Å². The molecular formula is C22H21AsN3O4. The van der Waals surface area contributed by atoms with Crippen molar-refractivity contribution in [2.24, 2.45) is 0 Å². The van der Waals surface area contributed by atoms with Gasteiger partial charge in [-0.25, -0.2) is 4.79 Å². The quantitative estimate of drug-likeness (QED) is 0.424. The molecule has 4 amide bonds. The number of hydrogen-bond acceptors (Lipinski definition) is 4. The van der Waals surface area contributed by atoms with Crippen LogP contribution in [0.5, 0.6) is 0 Å². The first-order valence-electron chi connectivity index (χ1n) is 9.72. The SMILES string of the molecule is CC(=O)[As]c1cccc(-c2ccc3c(c2)CC(NC(=O)CC2NC(=O)NC2=O)C3)c1. The molecule has 3 N–H and O–H groups in total. The number of imide groups is 1. The van der Waals surface area contributed by atoms with Crippen molar-refractivity contribution in [3.8, 4) is 11.1 Å². The average Bonchev–Trinajstić information content (AvgIpc) is 3.22. The van der Waals surface area contributed by atoms with Crippen molar-refractivity contribution in [2.75, 3.05) is 0 Å². The second-order valence-corrected chi connectivity index (χ2v) is 10.4. The van der Waals surface area contributed by atoms with Gasteiger partial charge in [-0.3, -0.25) is 10.1 Å². The van der Waals surface area contributed by atoms with Gasteiger partial charge in [0.2, 0.25) is 0 Å². The molecule has 0 aromatic heterocycles. The number of carbonyl (C=O) groups excluding carboxylic acids is 4. The first kappa shape index (κ1) is 20.4. The standard InChI is InChI=1S/C22H21AsN3O4/c1-12(27)23-17-4-2-3-13(8-17)14-5-6-15-9-18(10-16(15)7-14)24-20(28)11-19-21(29)26-22(30)25-19/h2-8,18-19H,9-11H2,1H3,(H,24,28)(H2,25,26,29,30). The summed E-state index contributed by atoms with van der Waals surface area (Å²) in [5, 5.41) is 7.54. The zero-order valence-corrected chi connectivity index (χ0v) is 18.3. The summed E-state index contributed by atoms with van der Waals surface area (Å²) in [6.45, 7) is 1.63. The Labute approximate surface area is 180 Å². The molecule has 1 aliphatic heterocycles. The molecule has 1 radical (unpaired) electrons. The summed E-state index contributed by atoms with van der Waals surface area (Å²) in [7, 11) is 0. The Morgan fingerprint density at radius 1 is 1.07 bits per heavy atom. The van der Waals surface area contributed by atoms with Crippen LogP contribution >= 0.6 is 0 Å².